The van der Waals surface area contributed by atoms with Crippen molar-refractivity contribution in [2.45, 2.75) is 19.4 Å². The zero-order valence-electron chi connectivity index (χ0n) is 12.2. The third kappa shape index (κ3) is 2.48. The van der Waals surface area contributed by atoms with Gasteiger partial charge in [0, 0.05) is 19.5 Å². The summed E-state index contributed by atoms with van der Waals surface area (Å²) in [5, 5.41) is 0. The number of methoxy groups -OCH3 is 1. The Labute approximate surface area is 123 Å². The van der Waals surface area contributed by atoms with Crippen LogP contribution in [-0.4, -0.2) is 43.1 Å². The first kappa shape index (κ1) is 13.9. The highest BCUT2D eigenvalue weighted by Crippen LogP contribution is 2.31. The van der Waals surface area contributed by atoms with Crippen molar-refractivity contribution >= 4 is 11.9 Å². The minimum absolute atomic E-state index is 0.0375. The molecule has 1 aromatic carbocycles. The van der Waals surface area contributed by atoms with E-state index in [0.29, 0.717) is 19.5 Å². The number of esters is 1. The number of carbonyl (C=O) groups is 2. The maximum atomic E-state index is 12.6. The van der Waals surface area contributed by atoms with Gasteiger partial charge in [-0.25, -0.2) is 0 Å². The number of hydrogen-bond donors (Lipinski definition) is 0. The third-order valence-electron chi connectivity index (χ3n) is 4.35. The minimum atomic E-state index is -0.467. The summed E-state index contributed by atoms with van der Waals surface area (Å²) in [6, 6.07) is 7.70. The van der Waals surface area contributed by atoms with Crippen LogP contribution in [0.3, 0.4) is 0 Å². The summed E-state index contributed by atoms with van der Waals surface area (Å²) >= 11 is 0. The molecule has 3 unspecified atom stereocenters. The molecule has 0 saturated carbocycles. The first-order valence-corrected chi connectivity index (χ1v) is 7.21. The molecule has 0 radical (unpaired) electrons. The highest BCUT2D eigenvalue weighted by molar-refractivity contribution is 5.84. The Hall–Kier alpha value is -2.04. The molecule has 2 heterocycles. The van der Waals surface area contributed by atoms with E-state index in [-0.39, 0.29) is 23.7 Å². The molecule has 1 fully saturated rings. The number of fused-ring (bicyclic) bond motifs is 1. The number of ether oxygens (including phenoxy) is 2. The summed E-state index contributed by atoms with van der Waals surface area (Å²) in [5.41, 5.74) is 1.06. The molecular formula is C16H19NO4. The number of para-hydroxylation sites is 1. The molecule has 2 aliphatic heterocycles. The average Bonchev–Trinajstić information content (AvgIpc) is 3.09. The summed E-state index contributed by atoms with van der Waals surface area (Å²) in [6.45, 7) is 2.97. The van der Waals surface area contributed by atoms with Crippen LogP contribution in [0.5, 0.6) is 5.75 Å². The van der Waals surface area contributed by atoms with Crippen molar-refractivity contribution in [3.63, 3.8) is 0 Å². The first-order chi connectivity index (χ1) is 10.1. The van der Waals surface area contributed by atoms with Crippen LogP contribution in [0.25, 0.3) is 0 Å². The summed E-state index contributed by atoms with van der Waals surface area (Å²) < 4.78 is 10.5. The van der Waals surface area contributed by atoms with E-state index < -0.39 is 6.10 Å². The quantitative estimate of drug-likeness (QED) is 0.769. The molecule has 21 heavy (non-hydrogen) atoms. The molecule has 1 amide bonds. The molecule has 0 bridgehead atoms. The molecule has 2 aliphatic rings. The van der Waals surface area contributed by atoms with Crippen molar-refractivity contribution in [2.24, 2.45) is 11.8 Å². The van der Waals surface area contributed by atoms with Crippen LogP contribution in [0, 0.1) is 11.8 Å². The molecule has 5 heteroatoms. The minimum Gasteiger partial charge on any atom is -0.480 e. The van der Waals surface area contributed by atoms with Crippen molar-refractivity contribution in [3.05, 3.63) is 29.8 Å². The van der Waals surface area contributed by atoms with Gasteiger partial charge in [-0.15, -0.1) is 0 Å². The van der Waals surface area contributed by atoms with Crippen molar-refractivity contribution in [3.8, 4) is 5.75 Å². The zero-order valence-corrected chi connectivity index (χ0v) is 12.2. The molecule has 112 valence electrons. The largest absolute Gasteiger partial charge is 0.480 e. The van der Waals surface area contributed by atoms with Crippen LogP contribution in [-0.2, 0) is 20.7 Å². The third-order valence-corrected chi connectivity index (χ3v) is 4.35. The molecule has 1 saturated heterocycles. The van der Waals surface area contributed by atoms with E-state index in [9.17, 15) is 9.59 Å². The van der Waals surface area contributed by atoms with E-state index in [2.05, 4.69) is 0 Å². The Morgan fingerprint density at radius 2 is 2.05 bits per heavy atom. The second-order valence-corrected chi connectivity index (χ2v) is 5.77. The number of carbonyl (C=O) groups excluding carboxylic acids is 2. The molecule has 0 N–H and O–H groups in total. The Kier molecular flexibility index (Phi) is 3.57. The van der Waals surface area contributed by atoms with E-state index in [1.807, 2.05) is 31.2 Å². The topological polar surface area (TPSA) is 55.8 Å². The maximum absolute atomic E-state index is 12.6. The molecule has 0 spiro atoms. The lowest BCUT2D eigenvalue weighted by Crippen LogP contribution is -2.40. The predicted octanol–water partition coefficient (Wildman–Crippen LogP) is 1.26. The van der Waals surface area contributed by atoms with Gasteiger partial charge in [-0.05, 0) is 17.5 Å². The van der Waals surface area contributed by atoms with Crippen LogP contribution in [0.1, 0.15) is 12.5 Å². The fraction of sp³-hybridized carbons (Fsp3) is 0.500. The summed E-state index contributed by atoms with van der Waals surface area (Å²) in [5.74, 6) is 0.387. The Morgan fingerprint density at radius 3 is 2.76 bits per heavy atom. The normalized spacial score (nSPS) is 27.1. The van der Waals surface area contributed by atoms with Crippen LogP contribution in [0.2, 0.25) is 0 Å². The lowest BCUT2D eigenvalue weighted by Gasteiger charge is -2.20. The smallest absolute Gasteiger partial charge is 0.310 e. The average molecular weight is 289 g/mol. The lowest BCUT2D eigenvalue weighted by molar-refractivity contribution is -0.146. The predicted molar refractivity (Wildman–Crippen MR) is 75.8 cm³/mol. The fourth-order valence-electron chi connectivity index (χ4n) is 3.13. The fourth-order valence-corrected chi connectivity index (χ4v) is 3.13. The van der Waals surface area contributed by atoms with Gasteiger partial charge in [-0.1, -0.05) is 25.1 Å². The summed E-state index contributed by atoms with van der Waals surface area (Å²) in [4.78, 5) is 26.0. The van der Waals surface area contributed by atoms with Crippen LogP contribution in [0.4, 0.5) is 0 Å². The second-order valence-electron chi connectivity index (χ2n) is 5.77. The zero-order chi connectivity index (χ0) is 15.0. The number of amides is 1. The molecular weight excluding hydrogens is 270 g/mol. The van der Waals surface area contributed by atoms with Gasteiger partial charge in [0.2, 0.25) is 0 Å². The molecule has 5 nitrogen and oxygen atoms in total. The van der Waals surface area contributed by atoms with Gasteiger partial charge in [-0.2, -0.15) is 0 Å². The molecule has 1 aromatic rings. The lowest BCUT2D eigenvalue weighted by atomic mass is 9.99. The van der Waals surface area contributed by atoms with E-state index in [4.69, 9.17) is 9.47 Å². The molecule has 0 aromatic heterocycles. The molecule has 3 atom stereocenters. The highest BCUT2D eigenvalue weighted by atomic mass is 16.5. The van der Waals surface area contributed by atoms with Gasteiger partial charge in [-0.3, -0.25) is 9.59 Å². The van der Waals surface area contributed by atoms with Gasteiger partial charge in [0.25, 0.3) is 5.91 Å². The van der Waals surface area contributed by atoms with Crippen molar-refractivity contribution in [2.75, 3.05) is 20.2 Å². The van der Waals surface area contributed by atoms with Gasteiger partial charge in [0.1, 0.15) is 5.75 Å². The van der Waals surface area contributed by atoms with Crippen LogP contribution >= 0.6 is 0 Å². The van der Waals surface area contributed by atoms with Gasteiger partial charge in [0.05, 0.1) is 13.0 Å². The summed E-state index contributed by atoms with van der Waals surface area (Å²) in [6.07, 6.45) is 0.133. The SMILES string of the molecule is COC(=O)C1CN(C(=O)C2Cc3ccccc3O2)CC1C. The number of benzene rings is 1. The van der Waals surface area contributed by atoms with Gasteiger partial charge >= 0.3 is 5.97 Å². The van der Waals surface area contributed by atoms with E-state index in [0.717, 1.165) is 11.3 Å². The van der Waals surface area contributed by atoms with Crippen molar-refractivity contribution in [1.82, 2.24) is 4.90 Å². The number of likely N-dealkylation sites (tertiary alicyclic amines) is 1. The van der Waals surface area contributed by atoms with Gasteiger partial charge in [0.15, 0.2) is 6.10 Å². The monoisotopic (exact) mass is 289 g/mol. The molecule has 0 aliphatic carbocycles. The van der Waals surface area contributed by atoms with E-state index >= 15 is 0 Å². The number of rotatable bonds is 2. The Morgan fingerprint density at radius 1 is 1.29 bits per heavy atom. The second kappa shape index (κ2) is 5.39. The van der Waals surface area contributed by atoms with E-state index in [1.165, 1.54) is 7.11 Å². The Bertz CT molecular complexity index is 546. The number of hydrogen-bond acceptors (Lipinski definition) is 4. The van der Waals surface area contributed by atoms with Crippen LogP contribution in [0.15, 0.2) is 24.3 Å². The van der Waals surface area contributed by atoms with E-state index in [1.54, 1.807) is 4.90 Å². The van der Waals surface area contributed by atoms with Crippen molar-refractivity contribution < 1.29 is 19.1 Å². The first-order valence-electron chi connectivity index (χ1n) is 7.21. The number of nitrogens with zero attached hydrogens (tertiary/aromatic N) is 1. The standard InChI is InChI=1S/C16H19NO4/c1-10-8-17(9-12(10)16(19)20-2)15(18)14-7-11-5-3-4-6-13(11)21-14/h3-6,10,12,14H,7-9H2,1-2H3. The van der Waals surface area contributed by atoms with Crippen LogP contribution < -0.4 is 4.74 Å². The maximum Gasteiger partial charge on any atom is 0.310 e. The van der Waals surface area contributed by atoms with Gasteiger partial charge < -0.3 is 14.4 Å². The van der Waals surface area contributed by atoms with Crippen molar-refractivity contribution in [1.29, 1.82) is 0 Å². The summed E-state index contributed by atoms with van der Waals surface area (Å²) in [7, 11) is 1.39. The highest BCUT2D eigenvalue weighted by Gasteiger charge is 2.41. The molecule has 3 rings (SSSR count). The Balaban J connectivity index is 1.67.